The Bertz CT molecular complexity index is 127. The molecule has 0 unspecified atom stereocenters. The van der Waals surface area contributed by atoms with Gasteiger partial charge in [-0.25, -0.2) is 0 Å². The molecule has 0 saturated carbocycles. The molecule has 0 aliphatic carbocycles. The summed E-state index contributed by atoms with van der Waals surface area (Å²) in [5.74, 6) is 0. The van der Waals surface area contributed by atoms with Gasteiger partial charge in [-0.1, -0.05) is 15.2 Å². The van der Waals surface area contributed by atoms with Crippen molar-refractivity contribution in [1.82, 2.24) is 0 Å². The van der Waals surface area contributed by atoms with Gasteiger partial charge in [-0.05, 0) is 19.6 Å². The largest absolute Gasteiger partial charge is 0.0891 e. The van der Waals surface area contributed by atoms with Crippen LogP contribution in [0.25, 0.3) is 0 Å². The predicted octanol–water partition coefficient (Wildman–Crippen LogP) is -1.65. The van der Waals surface area contributed by atoms with Gasteiger partial charge in [-0.3, -0.25) is 0 Å². The van der Waals surface area contributed by atoms with Gasteiger partial charge in [-0.15, -0.1) is 0 Å². The summed E-state index contributed by atoms with van der Waals surface area (Å²) in [6.07, 6.45) is 0. The summed E-state index contributed by atoms with van der Waals surface area (Å²) in [6, 6.07) is 0. The van der Waals surface area contributed by atoms with Crippen LogP contribution in [0, 0.1) is 0 Å². The summed E-state index contributed by atoms with van der Waals surface area (Å²) in [4.78, 5) is 1.17. The lowest BCUT2D eigenvalue weighted by atomic mass is 11.8. The van der Waals surface area contributed by atoms with Crippen LogP contribution in [0.1, 0.15) is 0 Å². The van der Waals surface area contributed by atoms with Crippen LogP contribution in [0.4, 0.5) is 0 Å². The van der Waals surface area contributed by atoms with Gasteiger partial charge in [0.25, 0.3) is 0 Å². The lowest BCUT2D eigenvalue weighted by Gasteiger charge is -2.39. The van der Waals surface area contributed by atoms with Crippen molar-refractivity contribution >= 4 is 97.2 Å². The normalized spacial score (nSPS) is 13.3. The molecule has 0 N–H and O–H groups in total. The molecule has 0 aromatic carbocycles. The van der Waals surface area contributed by atoms with Crippen LogP contribution >= 0.6 is 15.2 Å². The standard InChI is InChI=1S/C4H4P2Si8/c7-1(8)5(2(9)10)6(3(11)12)4(13)14/h1-4H. The predicted molar refractivity (Wildman–Crippen MR) is 75.0 cm³/mol. The third kappa shape index (κ3) is 5.28. The van der Waals surface area contributed by atoms with Crippen molar-refractivity contribution in [2.45, 2.75) is 19.6 Å². The second-order valence-electron chi connectivity index (χ2n) is 2.37. The van der Waals surface area contributed by atoms with Crippen LogP contribution in [0.5, 0.6) is 0 Å². The maximum atomic E-state index is 3.64. The highest BCUT2D eigenvalue weighted by Crippen LogP contribution is 2.74. The van der Waals surface area contributed by atoms with E-state index in [4.69, 9.17) is 0 Å². The summed E-state index contributed by atoms with van der Waals surface area (Å²) < 4.78 is 0. The first-order valence-electron chi connectivity index (χ1n) is 3.54. The molecule has 0 atom stereocenters. The lowest BCUT2D eigenvalue weighted by molar-refractivity contribution is 1.75. The Balaban J connectivity index is 4.74. The first-order chi connectivity index (χ1) is 6.29. The molecule has 62 valence electrons. The second kappa shape index (κ2) is 7.83. The molecule has 0 heterocycles. The molecule has 0 fully saturated rings. The van der Waals surface area contributed by atoms with Crippen molar-refractivity contribution in [3.63, 3.8) is 0 Å². The van der Waals surface area contributed by atoms with E-state index < -0.39 is 0 Å². The number of hydrogen-bond acceptors (Lipinski definition) is 0. The van der Waals surface area contributed by atoms with E-state index in [0.717, 1.165) is 0 Å². The van der Waals surface area contributed by atoms with Gasteiger partial charge in [0.1, 0.15) is 0 Å². The summed E-state index contributed by atoms with van der Waals surface area (Å²) in [5.41, 5.74) is 0. The molecule has 0 aliphatic heterocycles. The molecule has 0 saturated heterocycles. The topological polar surface area (TPSA) is 0 Å². The average molecular weight is 339 g/mol. The highest BCUT2D eigenvalue weighted by Gasteiger charge is 2.30. The fraction of sp³-hybridized carbons (Fsp3) is 1.00. The van der Waals surface area contributed by atoms with Crippen LogP contribution in [0.2, 0.25) is 0 Å². The van der Waals surface area contributed by atoms with Crippen molar-refractivity contribution in [2.24, 2.45) is 0 Å². The highest BCUT2D eigenvalue weighted by atomic mass is 32.1. The molecule has 0 aromatic heterocycles. The van der Waals surface area contributed by atoms with Crippen molar-refractivity contribution in [3.05, 3.63) is 0 Å². The van der Waals surface area contributed by atoms with Crippen LogP contribution in [-0.4, -0.2) is 102 Å². The van der Waals surface area contributed by atoms with Crippen molar-refractivity contribution in [2.75, 3.05) is 0 Å². The summed E-state index contributed by atoms with van der Waals surface area (Å²) in [7, 11) is 28.5. The minimum Gasteiger partial charge on any atom is -0.0891 e. The van der Waals surface area contributed by atoms with E-state index in [1.807, 2.05) is 0 Å². The zero-order chi connectivity index (χ0) is 11.5. The van der Waals surface area contributed by atoms with E-state index in [9.17, 15) is 0 Å². The van der Waals surface area contributed by atoms with Crippen LogP contribution in [0.3, 0.4) is 0 Å². The highest BCUT2D eigenvalue weighted by molar-refractivity contribution is 8.34. The second-order valence-corrected chi connectivity index (χ2v) is 19.5. The minimum atomic E-state index is -0.296. The van der Waals surface area contributed by atoms with Gasteiger partial charge in [0, 0.05) is 81.9 Å². The van der Waals surface area contributed by atoms with Crippen molar-refractivity contribution in [3.8, 4) is 0 Å². The first-order valence-corrected chi connectivity index (χ1v) is 11.8. The third-order valence-electron chi connectivity index (χ3n) is 1.32. The number of rotatable bonds is 5. The maximum absolute atomic E-state index is 3.64. The zero-order valence-corrected chi connectivity index (χ0v) is 17.0. The van der Waals surface area contributed by atoms with Gasteiger partial charge in [-0.2, -0.15) is 0 Å². The van der Waals surface area contributed by atoms with Gasteiger partial charge in [0.15, 0.2) is 0 Å². The van der Waals surface area contributed by atoms with E-state index in [1.54, 1.807) is 0 Å². The zero-order valence-electron chi connectivity index (χ0n) is 7.20. The fourth-order valence-corrected chi connectivity index (χ4v) is 22.4. The summed E-state index contributed by atoms with van der Waals surface area (Å²) in [5, 5.41) is 0. The molecule has 0 aliphatic rings. The van der Waals surface area contributed by atoms with Gasteiger partial charge >= 0.3 is 0 Å². The smallest absolute Gasteiger partial charge is 0.0283 e. The monoisotopic (exact) mass is 338 g/mol. The molecule has 10 heteroatoms. The molecule has 0 rings (SSSR count). The van der Waals surface area contributed by atoms with Gasteiger partial charge in [0.2, 0.25) is 0 Å². The SMILES string of the molecule is [Si]C([Si])P(C([Si])[Si])P(C([Si])[Si])C([Si])[Si]. The van der Waals surface area contributed by atoms with E-state index >= 15 is 0 Å². The molecule has 24 radical (unpaired) electrons. The van der Waals surface area contributed by atoms with Crippen LogP contribution in [0.15, 0.2) is 0 Å². The van der Waals surface area contributed by atoms with Crippen LogP contribution < -0.4 is 0 Å². The Kier molecular flexibility index (Phi) is 9.28. The molecule has 0 aromatic rings. The molecule has 0 bridgehead atoms. The summed E-state index contributed by atoms with van der Waals surface area (Å²) in [6.45, 7) is 0. The lowest BCUT2D eigenvalue weighted by Crippen LogP contribution is -2.24. The average Bonchev–Trinajstić information content (AvgIpc) is 1.96. The van der Waals surface area contributed by atoms with E-state index in [-0.39, 0.29) is 15.2 Å². The third-order valence-corrected chi connectivity index (χ3v) is 20.2. The van der Waals surface area contributed by atoms with E-state index in [1.165, 1.54) is 0 Å². The van der Waals surface area contributed by atoms with Crippen molar-refractivity contribution < 1.29 is 0 Å². The van der Waals surface area contributed by atoms with E-state index in [2.05, 4.69) is 81.9 Å². The quantitative estimate of drug-likeness (QED) is 0.416. The van der Waals surface area contributed by atoms with Crippen LogP contribution in [-0.2, 0) is 0 Å². The Morgan fingerprint density at radius 2 is 0.571 bits per heavy atom. The molecular formula is C4H4P2Si8. The Hall–Kier alpha value is 2.60. The fourth-order valence-electron chi connectivity index (χ4n) is 0.831. The molecule has 0 nitrogen and oxygen atoms in total. The molecule has 14 heavy (non-hydrogen) atoms. The van der Waals surface area contributed by atoms with E-state index in [0.29, 0.717) is 19.6 Å². The summed E-state index contributed by atoms with van der Waals surface area (Å²) >= 11 is 0. The van der Waals surface area contributed by atoms with Crippen molar-refractivity contribution in [1.29, 1.82) is 0 Å². The number of hydrogen-bond donors (Lipinski definition) is 0. The van der Waals surface area contributed by atoms with Gasteiger partial charge < -0.3 is 0 Å². The Morgan fingerprint density at radius 1 is 0.429 bits per heavy atom. The molecule has 0 spiro atoms. The first kappa shape index (κ1) is 16.6. The molecule has 0 amide bonds. The van der Waals surface area contributed by atoms with Gasteiger partial charge in [0.05, 0.1) is 0 Å². The Morgan fingerprint density at radius 3 is 0.643 bits per heavy atom. The maximum Gasteiger partial charge on any atom is 0.0283 e. The minimum absolute atomic E-state index is 0.293. The Labute approximate surface area is 116 Å². The molecular weight excluding hydrogens is 335 g/mol.